The molecule has 3 aromatic rings. The number of hydrogen-bond acceptors (Lipinski definition) is 13. The van der Waals surface area contributed by atoms with Gasteiger partial charge in [-0.2, -0.15) is 0 Å². The quantitative estimate of drug-likeness (QED) is 0.0165. The molecular weight excluding hydrogens is 1090 g/mol. The second kappa shape index (κ2) is 37.7. The molecule has 14 nitrogen and oxygen atoms in total. The van der Waals surface area contributed by atoms with Gasteiger partial charge in [-0.15, -0.1) is 0 Å². The third-order valence-corrected chi connectivity index (χ3v) is 18.8. The number of carboxylic acid groups (broad SMARTS) is 1. The summed E-state index contributed by atoms with van der Waals surface area (Å²) in [7, 11) is 0. The van der Waals surface area contributed by atoms with E-state index in [2.05, 4.69) is 54.6 Å². The number of aliphatic hydroxyl groups is 8. The van der Waals surface area contributed by atoms with Crippen molar-refractivity contribution in [3.8, 4) is 0 Å². The van der Waals surface area contributed by atoms with Gasteiger partial charge in [-0.05, 0) is 207 Å². The molecule has 0 spiro atoms. The van der Waals surface area contributed by atoms with E-state index in [1.165, 1.54) is 16.7 Å². The van der Waals surface area contributed by atoms with Gasteiger partial charge in [0.05, 0.1) is 60.9 Å². The summed E-state index contributed by atoms with van der Waals surface area (Å²) in [6.07, 6.45) is 25.3. The van der Waals surface area contributed by atoms with Crippen molar-refractivity contribution in [2.45, 2.75) is 235 Å². The molecule has 0 radical (unpaired) electrons. The summed E-state index contributed by atoms with van der Waals surface area (Å²) in [5, 5.41) is 91.8. The largest absolute Gasteiger partial charge is 0.481 e. The average molecular weight is 1190 g/mol. The molecule has 5 aliphatic rings. The average Bonchev–Trinajstić information content (AvgIpc) is 1.78. The molecule has 8 rings (SSSR count). The molecule has 9 N–H and O–H groups in total. The van der Waals surface area contributed by atoms with Crippen molar-refractivity contribution in [1.82, 2.24) is 0 Å². The number of fused-ring (bicyclic) bond motifs is 3. The fraction of sp³-hybridized carbons (Fsp3) is 0.625. The number of aliphatic hydroxyl groups excluding tert-OH is 8. The van der Waals surface area contributed by atoms with Gasteiger partial charge in [0.25, 0.3) is 0 Å². The van der Waals surface area contributed by atoms with Crippen LogP contribution >= 0.6 is 0 Å². The fourth-order valence-electron chi connectivity index (χ4n) is 14.0. The van der Waals surface area contributed by atoms with Crippen LogP contribution in [0.2, 0.25) is 0 Å². The Morgan fingerprint density at radius 2 is 0.977 bits per heavy atom. The van der Waals surface area contributed by atoms with Crippen molar-refractivity contribution in [1.29, 1.82) is 0 Å². The normalized spacial score (nSPS) is 28.7. The van der Waals surface area contributed by atoms with Crippen LogP contribution in [0.3, 0.4) is 0 Å². The molecule has 0 amide bonds. The predicted molar refractivity (Wildman–Crippen MR) is 334 cm³/mol. The molecule has 14 heteroatoms. The van der Waals surface area contributed by atoms with Crippen molar-refractivity contribution in [2.75, 3.05) is 0 Å². The van der Waals surface area contributed by atoms with E-state index < -0.39 is 48.7 Å². The standard InChI is InChI=1S/C26H40O5.C23H34O5.C23H30O4/c1-19(2)31-26(30)13-9-4-3-8-12-22-23(25(29)18-24(22)28)17-16-21(27)15-14-20-10-6-5-7-11-20;24-18(13-12-17-8-4-3-5-9-17)14-15-20-19(21(25)16-22(20)26)10-6-1-2-7-11-23(27)28;24-16(11-10-15-6-2-1-3-7-15)12-13-19-20(25)14-21-22(19)17-8-4-5-9-18(17)23(26)27-21/h3,5-8,10-11,19,21-25,27-29H,4,9,12-18H2,1-2H3;1,3-6,8-9,18-22,24-26H,2,7,10-16H2,(H,27,28);1-4,6-8,16-22,24-25H,5,9-14H2/b8-3-;6-1-;/t21-,22+,23+,24-,25+;18-,19+,20+,21-,22+;16-,17?,18?,19-,20+,21-,22+/m000/s1. The number of carboxylic acids is 1. The Labute approximate surface area is 512 Å². The molecule has 17 atom stereocenters. The first-order chi connectivity index (χ1) is 41.5. The van der Waals surface area contributed by atoms with E-state index in [0.717, 1.165) is 57.8 Å². The SMILES string of the molecule is CC(C)OC(=O)CCC/C=C\C[C@@H]1[C@@H](CC[C@@H](O)CCc2ccccc2)[C@H](O)C[C@@H]1O.O=C(O)CCC/C=C\C[C@@H]1[C@@H](CC[C@@H](O)CCc2ccccc2)[C@H](O)C[C@@H]1O.O=C1O[C@H]2C[C@@H](O)[C@H](CC[C@@H](O)CCc3ccccc3)[C@H]2C2C=CCCC12. The third kappa shape index (κ3) is 23.8. The Kier molecular flexibility index (Phi) is 30.7. The smallest absolute Gasteiger partial charge is 0.309 e. The fourth-order valence-corrected chi connectivity index (χ4v) is 14.0. The van der Waals surface area contributed by atoms with Crippen molar-refractivity contribution in [2.24, 2.45) is 47.3 Å². The molecule has 1 heterocycles. The lowest BCUT2D eigenvalue weighted by Gasteiger charge is -2.41. The van der Waals surface area contributed by atoms with E-state index in [0.29, 0.717) is 96.3 Å². The Hall–Kier alpha value is -5.03. The lowest BCUT2D eigenvalue weighted by Crippen LogP contribution is -2.45. The van der Waals surface area contributed by atoms with Crippen molar-refractivity contribution >= 4 is 17.9 Å². The number of aliphatic carboxylic acids is 1. The lowest BCUT2D eigenvalue weighted by atomic mass is 9.69. The maximum Gasteiger partial charge on any atom is 0.309 e. The Morgan fingerprint density at radius 1 is 0.558 bits per heavy atom. The number of rotatable bonds is 31. The van der Waals surface area contributed by atoms with Gasteiger partial charge in [-0.1, -0.05) is 127 Å². The minimum Gasteiger partial charge on any atom is -0.481 e. The highest BCUT2D eigenvalue weighted by atomic mass is 16.6. The van der Waals surface area contributed by atoms with Crippen LogP contribution in [0.4, 0.5) is 0 Å². The number of hydrogen-bond donors (Lipinski definition) is 9. The van der Waals surface area contributed by atoms with Crippen LogP contribution in [0, 0.1) is 47.3 Å². The predicted octanol–water partition coefficient (Wildman–Crippen LogP) is 10.8. The number of carbonyl (C=O) groups is 3. The first-order valence-corrected chi connectivity index (χ1v) is 32.6. The Bertz CT molecular complexity index is 2470. The summed E-state index contributed by atoms with van der Waals surface area (Å²) >= 11 is 0. The molecule has 476 valence electrons. The maximum atomic E-state index is 12.3. The molecule has 86 heavy (non-hydrogen) atoms. The van der Waals surface area contributed by atoms with Gasteiger partial charge in [-0.3, -0.25) is 14.4 Å². The molecular formula is C72H104O14. The summed E-state index contributed by atoms with van der Waals surface area (Å²) in [5.74, 6) is -0.591. The minimum absolute atomic E-state index is 0.00652. The van der Waals surface area contributed by atoms with E-state index in [1.807, 2.05) is 86.7 Å². The van der Waals surface area contributed by atoms with E-state index in [-0.39, 0.29) is 84.0 Å². The first kappa shape index (κ1) is 70.1. The molecule has 0 aromatic heterocycles. The number of ether oxygens (including phenoxy) is 2. The lowest BCUT2D eigenvalue weighted by molar-refractivity contribution is -0.170. The number of unbranched alkanes of at least 4 members (excludes halogenated alkanes) is 2. The number of allylic oxidation sites excluding steroid dienone is 6. The van der Waals surface area contributed by atoms with Crippen molar-refractivity contribution in [3.63, 3.8) is 0 Å². The molecule has 1 saturated heterocycles. The van der Waals surface area contributed by atoms with Crippen LogP contribution in [0.25, 0.3) is 0 Å². The molecule has 2 unspecified atom stereocenters. The zero-order valence-electron chi connectivity index (χ0n) is 51.3. The molecule has 3 aromatic carbocycles. The van der Waals surface area contributed by atoms with Crippen LogP contribution in [0.5, 0.6) is 0 Å². The molecule has 3 saturated carbocycles. The van der Waals surface area contributed by atoms with Crippen LogP contribution in [0.15, 0.2) is 127 Å². The van der Waals surface area contributed by atoms with Crippen LogP contribution < -0.4 is 0 Å². The van der Waals surface area contributed by atoms with Gasteiger partial charge >= 0.3 is 17.9 Å². The van der Waals surface area contributed by atoms with Gasteiger partial charge in [0, 0.05) is 25.2 Å². The minimum atomic E-state index is -0.784. The van der Waals surface area contributed by atoms with Gasteiger partial charge in [-0.25, -0.2) is 0 Å². The van der Waals surface area contributed by atoms with E-state index >= 15 is 0 Å². The van der Waals surface area contributed by atoms with Crippen LogP contribution in [0.1, 0.15) is 172 Å². The zero-order valence-corrected chi connectivity index (χ0v) is 51.3. The van der Waals surface area contributed by atoms with Crippen molar-refractivity contribution < 1.29 is 69.8 Å². The Morgan fingerprint density at radius 3 is 1.42 bits per heavy atom. The summed E-state index contributed by atoms with van der Waals surface area (Å²) < 4.78 is 10.8. The summed E-state index contributed by atoms with van der Waals surface area (Å²) in [4.78, 5) is 34.3. The van der Waals surface area contributed by atoms with Gasteiger partial charge in [0.1, 0.15) is 6.10 Å². The molecule has 1 aliphatic heterocycles. The first-order valence-electron chi connectivity index (χ1n) is 32.6. The third-order valence-electron chi connectivity index (χ3n) is 18.8. The highest BCUT2D eigenvalue weighted by Gasteiger charge is 2.54. The number of benzene rings is 3. The zero-order chi connectivity index (χ0) is 61.8. The van der Waals surface area contributed by atoms with Gasteiger partial charge in [0.2, 0.25) is 0 Å². The Balaban J connectivity index is 0.000000207. The summed E-state index contributed by atoms with van der Waals surface area (Å²) in [6, 6.07) is 30.5. The summed E-state index contributed by atoms with van der Waals surface area (Å²) in [5.41, 5.74) is 3.68. The summed E-state index contributed by atoms with van der Waals surface area (Å²) in [6.45, 7) is 3.69. The molecule has 4 fully saturated rings. The molecule has 4 aliphatic carbocycles. The number of aryl methyl sites for hydroxylation is 3. The van der Waals surface area contributed by atoms with E-state index in [1.54, 1.807) is 0 Å². The monoisotopic (exact) mass is 1190 g/mol. The van der Waals surface area contributed by atoms with E-state index in [9.17, 15) is 55.2 Å². The van der Waals surface area contributed by atoms with Crippen molar-refractivity contribution in [3.05, 3.63) is 144 Å². The van der Waals surface area contributed by atoms with Gasteiger partial charge < -0.3 is 55.4 Å². The number of esters is 2. The van der Waals surface area contributed by atoms with Crippen LogP contribution in [-0.4, -0.2) is 125 Å². The second-order valence-corrected chi connectivity index (χ2v) is 25.5. The van der Waals surface area contributed by atoms with Gasteiger partial charge in [0.15, 0.2) is 0 Å². The number of carbonyl (C=O) groups excluding carboxylic acids is 2. The van der Waals surface area contributed by atoms with Crippen LogP contribution in [-0.2, 0) is 43.1 Å². The topological polar surface area (TPSA) is 252 Å². The maximum absolute atomic E-state index is 12.3. The highest BCUT2D eigenvalue weighted by Crippen LogP contribution is 2.50. The second-order valence-electron chi connectivity index (χ2n) is 25.5. The highest BCUT2D eigenvalue weighted by molar-refractivity contribution is 5.74. The molecule has 0 bridgehead atoms. The van der Waals surface area contributed by atoms with E-state index in [4.69, 9.17) is 14.6 Å².